The van der Waals surface area contributed by atoms with E-state index < -0.39 is 10.0 Å². The Bertz CT molecular complexity index is 536. The molecular weight excluding hydrogens is 304 g/mol. The summed E-state index contributed by atoms with van der Waals surface area (Å²) in [5.41, 5.74) is 6.17. The molecule has 0 heterocycles. The van der Waals surface area contributed by atoms with Gasteiger partial charge in [0.1, 0.15) is 0 Å². The van der Waals surface area contributed by atoms with E-state index in [9.17, 15) is 8.42 Å². The SMILES string of the molecule is COCCN(CCO)S(=O)(=O)c1ccc(CN)c(Cl)c1. The predicted molar refractivity (Wildman–Crippen MR) is 77.1 cm³/mol. The minimum atomic E-state index is -3.71. The van der Waals surface area contributed by atoms with E-state index in [2.05, 4.69) is 0 Å². The van der Waals surface area contributed by atoms with E-state index in [1.807, 2.05) is 0 Å². The Morgan fingerprint density at radius 3 is 2.60 bits per heavy atom. The van der Waals surface area contributed by atoms with Gasteiger partial charge >= 0.3 is 0 Å². The Balaban J connectivity index is 3.08. The van der Waals surface area contributed by atoms with Gasteiger partial charge in [-0.3, -0.25) is 0 Å². The number of aliphatic hydroxyl groups excluding tert-OH is 1. The molecule has 20 heavy (non-hydrogen) atoms. The highest BCUT2D eigenvalue weighted by atomic mass is 35.5. The van der Waals surface area contributed by atoms with Crippen molar-refractivity contribution in [3.05, 3.63) is 28.8 Å². The summed E-state index contributed by atoms with van der Waals surface area (Å²) in [4.78, 5) is 0.0734. The standard InChI is InChI=1S/C12H19ClN2O4S/c1-19-7-5-15(4-6-16)20(17,18)11-3-2-10(9-14)12(13)8-11/h2-3,8,16H,4-7,9,14H2,1H3. The molecule has 1 rings (SSSR count). The normalized spacial score (nSPS) is 12.1. The summed E-state index contributed by atoms with van der Waals surface area (Å²) in [7, 11) is -2.23. The number of rotatable bonds is 8. The topological polar surface area (TPSA) is 92.9 Å². The first-order valence-electron chi connectivity index (χ1n) is 6.05. The fourth-order valence-electron chi connectivity index (χ4n) is 1.66. The van der Waals surface area contributed by atoms with Gasteiger partial charge in [-0.2, -0.15) is 4.31 Å². The lowest BCUT2D eigenvalue weighted by Crippen LogP contribution is -2.36. The van der Waals surface area contributed by atoms with Crippen molar-refractivity contribution in [1.29, 1.82) is 0 Å². The maximum Gasteiger partial charge on any atom is 0.243 e. The van der Waals surface area contributed by atoms with Gasteiger partial charge in [-0.15, -0.1) is 0 Å². The monoisotopic (exact) mass is 322 g/mol. The Hall–Kier alpha value is -0.700. The molecule has 0 unspecified atom stereocenters. The first kappa shape index (κ1) is 17.4. The van der Waals surface area contributed by atoms with Crippen molar-refractivity contribution in [1.82, 2.24) is 4.31 Å². The maximum absolute atomic E-state index is 12.4. The highest BCUT2D eigenvalue weighted by Crippen LogP contribution is 2.23. The van der Waals surface area contributed by atoms with Crippen LogP contribution in [0.5, 0.6) is 0 Å². The molecule has 0 aliphatic heterocycles. The van der Waals surface area contributed by atoms with Gasteiger partial charge < -0.3 is 15.6 Å². The van der Waals surface area contributed by atoms with Crippen LogP contribution in [0.25, 0.3) is 0 Å². The minimum Gasteiger partial charge on any atom is -0.395 e. The molecule has 0 radical (unpaired) electrons. The van der Waals surface area contributed by atoms with Gasteiger partial charge in [0, 0.05) is 31.8 Å². The average Bonchev–Trinajstić information content (AvgIpc) is 2.43. The Labute approximate surface area is 124 Å². The number of sulfonamides is 1. The molecule has 3 N–H and O–H groups in total. The zero-order chi connectivity index (χ0) is 15.2. The van der Waals surface area contributed by atoms with Crippen molar-refractivity contribution < 1.29 is 18.3 Å². The van der Waals surface area contributed by atoms with Gasteiger partial charge in [-0.1, -0.05) is 17.7 Å². The molecule has 0 aromatic heterocycles. The molecule has 0 saturated carbocycles. The lowest BCUT2D eigenvalue weighted by molar-refractivity contribution is 0.168. The maximum atomic E-state index is 12.4. The number of benzene rings is 1. The summed E-state index contributed by atoms with van der Waals surface area (Å²) >= 11 is 5.98. The third-order valence-corrected chi connectivity index (χ3v) is 5.02. The molecule has 0 fully saturated rings. The summed E-state index contributed by atoms with van der Waals surface area (Å²) < 4.78 is 30.9. The van der Waals surface area contributed by atoms with Crippen LogP contribution in [0.1, 0.15) is 5.56 Å². The van der Waals surface area contributed by atoms with Crippen molar-refractivity contribution in [3.63, 3.8) is 0 Å². The second kappa shape index (κ2) is 7.92. The molecule has 114 valence electrons. The number of aliphatic hydroxyl groups is 1. The molecule has 6 nitrogen and oxygen atoms in total. The van der Waals surface area contributed by atoms with Crippen molar-refractivity contribution in [2.45, 2.75) is 11.4 Å². The molecule has 0 saturated heterocycles. The van der Waals surface area contributed by atoms with Crippen LogP contribution in [0, 0.1) is 0 Å². The van der Waals surface area contributed by atoms with Gasteiger partial charge in [-0.05, 0) is 17.7 Å². The minimum absolute atomic E-state index is 0.00194. The number of nitrogens with zero attached hydrogens (tertiary/aromatic N) is 1. The fourth-order valence-corrected chi connectivity index (χ4v) is 3.42. The van der Waals surface area contributed by atoms with E-state index in [1.165, 1.54) is 19.2 Å². The largest absolute Gasteiger partial charge is 0.395 e. The zero-order valence-corrected chi connectivity index (χ0v) is 12.8. The molecule has 8 heteroatoms. The Morgan fingerprint density at radius 1 is 1.40 bits per heavy atom. The van der Waals surface area contributed by atoms with Crippen LogP contribution >= 0.6 is 11.6 Å². The van der Waals surface area contributed by atoms with Crippen LogP contribution in [0.3, 0.4) is 0 Å². The number of methoxy groups -OCH3 is 1. The van der Waals surface area contributed by atoms with Gasteiger partial charge in [0.2, 0.25) is 10.0 Å². The van der Waals surface area contributed by atoms with Gasteiger partial charge in [-0.25, -0.2) is 8.42 Å². The van der Waals surface area contributed by atoms with E-state index in [-0.39, 0.29) is 37.7 Å². The Kier molecular flexibility index (Phi) is 6.87. The van der Waals surface area contributed by atoms with Crippen molar-refractivity contribution in [2.75, 3.05) is 33.4 Å². The van der Waals surface area contributed by atoms with Crippen LogP contribution in [-0.2, 0) is 21.3 Å². The second-order valence-electron chi connectivity index (χ2n) is 4.08. The smallest absolute Gasteiger partial charge is 0.243 e. The second-order valence-corrected chi connectivity index (χ2v) is 6.42. The quantitative estimate of drug-likeness (QED) is 0.724. The van der Waals surface area contributed by atoms with Gasteiger partial charge in [0.25, 0.3) is 0 Å². The summed E-state index contributed by atoms with van der Waals surface area (Å²) in [5, 5.41) is 9.30. The van der Waals surface area contributed by atoms with Crippen molar-refractivity contribution >= 4 is 21.6 Å². The highest BCUT2D eigenvalue weighted by Gasteiger charge is 2.24. The van der Waals surface area contributed by atoms with E-state index in [4.69, 9.17) is 27.2 Å². The number of hydrogen-bond donors (Lipinski definition) is 2. The molecule has 1 aromatic rings. The Morgan fingerprint density at radius 2 is 2.10 bits per heavy atom. The van der Waals surface area contributed by atoms with E-state index >= 15 is 0 Å². The molecule has 0 amide bonds. The summed E-state index contributed by atoms with van der Waals surface area (Å²) in [5.74, 6) is 0. The summed E-state index contributed by atoms with van der Waals surface area (Å²) in [6.07, 6.45) is 0. The number of nitrogens with two attached hydrogens (primary N) is 1. The molecule has 0 atom stereocenters. The van der Waals surface area contributed by atoms with Crippen LogP contribution < -0.4 is 5.73 Å². The third-order valence-electron chi connectivity index (χ3n) is 2.78. The van der Waals surface area contributed by atoms with E-state index in [0.717, 1.165) is 4.31 Å². The fraction of sp³-hybridized carbons (Fsp3) is 0.500. The van der Waals surface area contributed by atoms with Crippen molar-refractivity contribution in [2.24, 2.45) is 5.73 Å². The molecule has 1 aromatic carbocycles. The molecule has 0 bridgehead atoms. The first-order valence-corrected chi connectivity index (χ1v) is 7.87. The van der Waals surface area contributed by atoms with Crippen molar-refractivity contribution in [3.8, 4) is 0 Å². The molecule has 0 spiro atoms. The molecular formula is C12H19ClN2O4S. The lowest BCUT2D eigenvalue weighted by Gasteiger charge is -2.21. The summed E-state index contributed by atoms with van der Waals surface area (Å²) in [6, 6.07) is 4.42. The predicted octanol–water partition coefficient (Wildman–Crippen LogP) is 0.428. The molecule has 0 aliphatic rings. The van der Waals surface area contributed by atoms with Gasteiger partial charge in [0.05, 0.1) is 18.1 Å². The van der Waals surface area contributed by atoms with E-state index in [0.29, 0.717) is 10.6 Å². The zero-order valence-electron chi connectivity index (χ0n) is 11.3. The third kappa shape index (κ3) is 4.15. The van der Waals surface area contributed by atoms with Crippen LogP contribution in [0.15, 0.2) is 23.1 Å². The lowest BCUT2D eigenvalue weighted by atomic mass is 10.2. The number of hydrogen-bond acceptors (Lipinski definition) is 5. The average molecular weight is 323 g/mol. The highest BCUT2D eigenvalue weighted by molar-refractivity contribution is 7.89. The van der Waals surface area contributed by atoms with Crippen LogP contribution in [0.2, 0.25) is 5.02 Å². The van der Waals surface area contributed by atoms with E-state index in [1.54, 1.807) is 6.07 Å². The van der Waals surface area contributed by atoms with Crippen LogP contribution in [0.4, 0.5) is 0 Å². The van der Waals surface area contributed by atoms with Crippen LogP contribution in [-0.4, -0.2) is 51.2 Å². The van der Waals surface area contributed by atoms with Gasteiger partial charge in [0.15, 0.2) is 0 Å². The summed E-state index contributed by atoms with van der Waals surface area (Å²) in [6.45, 7) is 0.381. The molecule has 0 aliphatic carbocycles. The number of halogens is 1. The first-order chi connectivity index (χ1) is 9.47. The number of ether oxygens (including phenoxy) is 1.